The van der Waals surface area contributed by atoms with Crippen LogP contribution < -0.4 is 5.32 Å². The molecule has 1 amide bonds. The van der Waals surface area contributed by atoms with Crippen molar-refractivity contribution in [1.29, 1.82) is 0 Å². The zero-order chi connectivity index (χ0) is 18.7. The summed E-state index contributed by atoms with van der Waals surface area (Å²) in [5, 5.41) is 3.27. The minimum atomic E-state index is -4.38. The molecule has 2 aromatic heterocycles. The summed E-state index contributed by atoms with van der Waals surface area (Å²) in [4.78, 5) is 21.2. The Kier molecular flexibility index (Phi) is 5.03. The highest BCUT2D eigenvalue weighted by molar-refractivity contribution is 7.17. The monoisotopic (exact) mass is 377 g/mol. The number of nitrogens with one attached hydrogen (secondary N) is 1. The number of carbonyl (C=O) groups is 1. The molecule has 0 aliphatic heterocycles. The molecule has 3 aromatic rings. The second-order valence-electron chi connectivity index (χ2n) is 5.51. The van der Waals surface area contributed by atoms with Crippen LogP contribution in [0, 0.1) is 6.92 Å². The van der Waals surface area contributed by atoms with Gasteiger partial charge in [0.2, 0.25) is 0 Å². The summed E-state index contributed by atoms with van der Waals surface area (Å²) >= 11 is 1.14. The Morgan fingerprint density at radius 1 is 1.15 bits per heavy atom. The molecule has 0 radical (unpaired) electrons. The maximum Gasteiger partial charge on any atom is 0.416 e. The molecule has 0 saturated carbocycles. The van der Waals surface area contributed by atoms with Gasteiger partial charge >= 0.3 is 6.18 Å². The lowest BCUT2D eigenvalue weighted by Gasteiger charge is -2.06. The predicted octanol–water partition coefficient (Wildman–Crippen LogP) is 4.46. The number of amides is 1. The third-order valence-electron chi connectivity index (χ3n) is 3.62. The number of benzene rings is 1. The summed E-state index contributed by atoms with van der Waals surface area (Å²) < 4.78 is 37.9. The van der Waals surface area contributed by atoms with Crippen LogP contribution in [-0.4, -0.2) is 15.9 Å². The van der Waals surface area contributed by atoms with E-state index >= 15 is 0 Å². The van der Waals surface area contributed by atoms with Gasteiger partial charge in [-0.1, -0.05) is 18.2 Å². The van der Waals surface area contributed by atoms with Crippen LogP contribution >= 0.6 is 11.3 Å². The van der Waals surface area contributed by atoms with E-state index in [1.807, 2.05) is 6.07 Å². The van der Waals surface area contributed by atoms with Gasteiger partial charge in [0.15, 0.2) is 0 Å². The fourth-order valence-corrected chi connectivity index (χ4v) is 3.27. The number of hydrogen-bond donors (Lipinski definition) is 1. The molecule has 3 rings (SSSR count). The van der Waals surface area contributed by atoms with Gasteiger partial charge in [0.1, 0.15) is 9.88 Å². The van der Waals surface area contributed by atoms with Crippen molar-refractivity contribution >= 4 is 17.2 Å². The first-order valence-electron chi connectivity index (χ1n) is 7.68. The van der Waals surface area contributed by atoms with E-state index in [1.54, 1.807) is 25.3 Å². The predicted molar refractivity (Wildman–Crippen MR) is 92.7 cm³/mol. The van der Waals surface area contributed by atoms with Crippen LogP contribution in [0.4, 0.5) is 13.2 Å². The Balaban J connectivity index is 1.75. The Morgan fingerprint density at radius 3 is 2.50 bits per heavy atom. The number of thiazole rings is 1. The zero-order valence-electron chi connectivity index (χ0n) is 13.7. The van der Waals surface area contributed by atoms with Gasteiger partial charge in [0.05, 0.1) is 23.5 Å². The van der Waals surface area contributed by atoms with Crippen molar-refractivity contribution in [3.05, 3.63) is 70.5 Å². The first-order valence-corrected chi connectivity index (χ1v) is 8.49. The molecule has 1 N–H and O–H groups in total. The fourth-order valence-electron chi connectivity index (χ4n) is 2.29. The fraction of sp³-hybridized carbons (Fsp3) is 0.167. The van der Waals surface area contributed by atoms with Crippen LogP contribution in [0.5, 0.6) is 0 Å². The molecule has 1 aromatic carbocycles. The van der Waals surface area contributed by atoms with Crippen LogP contribution in [0.1, 0.15) is 26.6 Å². The number of hydrogen-bond acceptors (Lipinski definition) is 4. The molecule has 0 saturated heterocycles. The normalized spacial score (nSPS) is 11.4. The molecular formula is C18H14F3N3OS. The van der Waals surface area contributed by atoms with Gasteiger partial charge in [-0.15, -0.1) is 11.3 Å². The summed E-state index contributed by atoms with van der Waals surface area (Å²) in [5.41, 5.74) is 1.08. The van der Waals surface area contributed by atoms with Crippen LogP contribution in [-0.2, 0) is 12.7 Å². The van der Waals surface area contributed by atoms with Gasteiger partial charge in [-0.3, -0.25) is 9.78 Å². The molecule has 134 valence electrons. The summed E-state index contributed by atoms with van der Waals surface area (Å²) in [6, 6.07) is 10.1. The highest BCUT2D eigenvalue weighted by Gasteiger charge is 2.30. The maximum atomic E-state index is 12.6. The van der Waals surface area contributed by atoms with Crippen molar-refractivity contribution in [1.82, 2.24) is 15.3 Å². The van der Waals surface area contributed by atoms with Gasteiger partial charge in [0, 0.05) is 11.8 Å². The third kappa shape index (κ3) is 4.08. The largest absolute Gasteiger partial charge is 0.416 e. The first-order chi connectivity index (χ1) is 12.3. The average Bonchev–Trinajstić information content (AvgIpc) is 3.02. The second-order valence-corrected chi connectivity index (χ2v) is 6.51. The lowest BCUT2D eigenvalue weighted by Crippen LogP contribution is -2.23. The molecule has 0 aliphatic rings. The van der Waals surface area contributed by atoms with Crippen LogP contribution in [0.3, 0.4) is 0 Å². The number of halogens is 3. The SMILES string of the molecule is Cc1nc(-c2ccc(C(F)(F)F)cc2)sc1C(=O)NCc1ccccn1. The van der Waals surface area contributed by atoms with Crippen LogP contribution in [0.25, 0.3) is 10.6 Å². The van der Waals surface area contributed by atoms with Crippen LogP contribution in [0.15, 0.2) is 48.7 Å². The average molecular weight is 377 g/mol. The first kappa shape index (κ1) is 18.1. The Labute approximate surface area is 151 Å². The number of rotatable bonds is 4. The number of nitrogens with zero attached hydrogens (tertiary/aromatic N) is 2. The molecule has 0 bridgehead atoms. The van der Waals surface area contributed by atoms with Crippen molar-refractivity contribution < 1.29 is 18.0 Å². The topological polar surface area (TPSA) is 54.9 Å². The molecule has 8 heteroatoms. The van der Waals surface area contributed by atoms with Gasteiger partial charge in [-0.05, 0) is 31.2 Å². The van der Waals surface area contributed by atoms with E-state index in [2.05, 4.69) is 15.3 Å². The van der Waals surface area contributed by atoms with E-state index in [0.29, 0.717) is 21.1 Å². The summed E-state index contributed by atoms with van der Waals surface area (Å²) in [6.07, 6.45) is -2.74. The van der Waals surface area contributed by atoms with E-state index < -0.39 is 11.7 Å². The number of pyridine rings is 1. The standard InChI is InChI=1S/C18H14F3N3OS/c1-11-15(16(25)23-10-14-4-2-3-9-22-14)26-17(24-11)12-5-7-13(8-6-12)18(19,20)21/h2-9H,10H2,1H3,(H,23,25). The Hall–Kier alpha value is -2.74. The molecule has 0 fully saturated rings. The third-order valence-corrected chi connectivity index (χ3v) is 4.82. The maximum absolute atomic E-state index is 12.6. The lowest BCUT2D eigenvalue weighted by atomic mass is 10.1. The van der Waals surface area contributed by atoms with Crippen molar-refractivity contribution in [2.45, 2.75) is 19.6 Å². The van der Waals surface area contributed by atoms with Crippen LogP contribution in [0.2, 0.25) is 0 Å². The van der Waals surface area contributed by atoms with Gasteiger partial charge in [0.25, 0.3) is 5.91 Å². The van der Waals surface area contributed by atoms with Crippen molar-refractivity contribution in [3.8, 4) is 10.6 Å². The summed E-state index contributed by atoms with van der Waals surface area (Å²) in [5.74, 6) is -0.288. The van der Waals surface area contributed by atoms with E-state index in [9.17, 15) is 18.0 Å². The van der Waals surface area contributed by atoms with Crippen molar-refractivity contribution in [3.63, 3.8) is 0 Å². The highest BCUT2D eigenvalue weighted by Crippen LogP contribution is 2.32. The summed E-state index contributed by atoms with van der Waals surface area (Å²) in [6.45, 7) is 1.98. The molecule has 0 spiro atoms. The van der Waals surface area contributed by atoms with E-state index in [4.69, 9.17) is 0 Å². The van der Waals surface area contributed by atoms with Gasteiger partial charge < -0.3 is 5.32 Å². The number of carbonyl (C=O) groups excluding carboxylic acids is 1. The molecule has 0 aliphatic carbocycles. The molecule has 0 atom stereocenters. The minimum Gasteiger partial charge on any atom is -0.346 e. The van der Waals surface area contributed by atoms with E-state index in [0.717, 1.165) is 29.2 Å². The molecule has 2 heterocycles. The molecule has 26 heavy (non-hydrogen) atoms. The van der Waals surface area contributed by atoms with E-state index in [-0.39, 0.29) is 12.5 Å². The highest BCUT2D eigenvalue weighted by atomic mass is 32.1. The number of alkyl halides is 3. The number of aromatic nitrogens is 2. The lowest BCUT2D eigenvalue weighted by molar-refractivity contribution is -0.137. The van der Waals surface area contributed by atoms with Crippen molar-refractivity contribution in [2.24, 2.45) is 0 Å². The van der Waals surface area contributed by atoms with Gasteiger partial charge in [-0.2, -0.15) is 13.2 Å². The summed E-state index contributed by atoms with van der Waals surface area (Å²) in [7, 11) is 0. The number of aryl methyl sites for hydroxylation is 1. The van der Waals surface area contributed by atoms with Gasteiger partial charge in [-0.25, -0.2) is 4.98 Å². The Morgan fingerprint density at radius 2 is 1.88 bits per heavy atom. The smallest absolute Gasteiger partial charge is 0.346 e. The molecule has 4 nitrogen and oxygen atoms in total. The minimum absolute atomic E-state index is 0.284. The zero-order valence-corrected chi connectivity index (χ0v) is 14.5. The van der Waals surface area contributed by atoms with Crippen molar-refractivity contribution in [2.75, 3.05) is 0 Å². The quantitative estimate of drug-likeness (QED) is 0.730. The van der Waals surface area contributed by atoms with E-state index in [1.165, 1.54) is 12.1 Å². The molecular weight excluding hydrogens is 363 g/mol. The second kappa shape index (κ2) is 7.25. The molecule has 0 unspecified atom stereocenters. The Bertz CT molecular complexity index is 906.